The summed E-state index contributed by atoms with van der Waals surface area (Å²) in [5, 5.41) is 3.24. The number of anilines is 1. The largest absolute Gasteiger partial charge is 0.497 e. The minimum absolute atomic E-state index is 0.0121. The Hall–Kier alpha value is -3.27. The van der Waals surface area contributed by atoms with Crippen LogP contribution in [0.5, 0.6) is 5.75 Å². The van der Waals surface area contributed by atoms with E-state index in [0.717, 1.165) is 9.87 Å². The zero-order valence-corrected chi connectivity index (χ0v) is 24.5. The van der Waals surface area contributed by atoms with Gasteiger partial charge < -0.3 is 15.0 Å². The van der Waals surface area contributed by atoms with Crippen LogP contribution in [0, 0.1) is 6.92 Å². The smallest absolute Gasteiger partial charge is 0.264 e. The van der Waals surface area contributed by atoms with Gasteiger partial charge in [0.05, 0.1) is 27.7 Å². The second kappa shape index (κ2) is 13.2. The quantitative estimate of drug-likeness (QED) is 0.336. The molecule has 3 aromatic rings. The van der Waals surface area contributed by atoms with Gasteiger partial charge in [-0.2, -0.15) is 0 Å². The number of rotatable bonds is 11. The van der Waals surface area contributed by atoms with Crippen LogP contribution < -0.4 is 14.4 Å². The van der Waals surface area contributed by atoms with Gasteiger partial charge in [-0.3, -0.25) is 13.9 Å². The molecular weight excluding hydrogens is 561 g/mol. The summed E-state index contributed by atoms with van der Waals surface area (Å²) in [6, 6.07) is 16.9. The fraction of sp³-hybridized carbons (Fsp3) is 0.286. The molecule has 8 nitrogen and oxygen atoms in total. The molecule has 0 radical (unpaired) electrons. The number of nitrogens with zero attached hydrogens (tertiary/aromatic N) is 2. The fourth-order valence-electron chi connectivity index (χ4n) is 4.05. The molecule has 3 aromatic carbocycles. The summed E-state index contributed by atoms with van der Waals surface area (Å²) in [5.74, 6) is -0.524. The summed E-state index contributed by atoms with van der Waals surface area (Å²) in [7, 11) is -1.22. The lowest BCUT2D eigenvalue weighted by Gasteiger charge is -2.33. The van der Waals surface area contributed by atoms with Crippen LogP contribution in [0.2, 0.25) is 10.0 Å². The Morgan fingerprint density at radius 3 is 2.28 bits per heavy atom. The Balaban J connectivity index is 2.09. The van der Waals surface area contributed by atoms with Gasteiger partial charge in [0.15, 0.2) is 0 Å². The molecule has 208 valence electrons. The minimum atomic E-state index is -4.18. The molecule has 0 bridgehead atoms. The molecule has 0 aliphatic heterocycles. The summed E-state index contributed by atoms with van der Waals surface area (Å²) in [5.41, 5.74) is 1.77. The van der Waals surface area contributed by atoms with E-state index in [2.05, 4.69) is 5.32 Å². The number of likely N-dealkylation sites (N-methyl/N-ethyl adjacent to an activating group) is 1. The molecule has 0 saturated carbocycles. The first-order chi connectivity index (χ1) is 18.5. The predicted molar refractivity (Wildman–Crippen MR) is 154 cm³/mol. The third kappa shape index (κ3) is 7.23. The standard InChI is InChI=1S/C28H31Cl2N3O5S/c1-5-26(28(35)31-3)32(17-20-11-14-24(29)25(30)15-20)27(34)18-33(21-7-6-8-22(16-21)38-4)39(36,37)23-12-9-19(2)10-13-23/h6-16,26H,5,17-18H2,1-4H3,(H,31,35)/t26-/m1/s1. The molecule has 0 aliphatic carbocycles. The molecule has 0 saturated heterocycles. The highest BCUT2D eigenvalue weighted by Crippen LogP contribution is 2.28. The molecule has 0 unspecified atom stereocenters. The number of ether oxygens (including phenoxy) is 1. The molecule has 1 N–H and O–H groups in total. The molecule has 0 heterocycles. The Kier molecular flexibility index (Phi) is 10.2. The van der Waals surface area contributed by atoms with Crippen molar-refractivity contribution in [1.29, 1.82) is 0 Å². The van der Waals surface area contributed by atoms with E-state index >= 15 is 0 Å². The van der Waals surface area contributed by atoms with Crippen molar-refractivity contribution in [3.05, 3.63) is 87.9 Å². The number of benzene rings is 3. The molecule has 39 heavy (non-hydrogen) atoms. The van der Waals surface area contributed by atoms with E-state index in [4.69, 9.17) is 27.9 Å². The van der Waals surface area contributed by atoms with Crippen molar-refractivity contribution < 1.29 is 22.7 Å². The average Bonchev–Trinajstić information content (AvgIpc) is 2.93. The second-order valence-electron chi connectivity index (χ2n) is 8.83. The normalized spacial score (nSPS) is 11.9. The lowest BCUT2D eigenvalue weighted by molar-refractivity contribution is -0.140. The first-order valence-corrected chi connectivity index (χ1v) is 14.4. The number of aryl methyl sites for hydroxylation is 1. The Morgan fingerprint density at radius 2 is 1.69 bits per heavy atom. The Bertz CT molecular complexity index is 1430. The van der Waals surface area contributed by atoms with Gasteiger partial charge in [-0.15, -0.1) is 0 Å². The SMILES string of the molecule is CC[C@H](C(=O)NC)N(Cc1ccc(Cl)c(Cl)c1)C(=O)CN(c1cccc(OC)c1)S(=O)(=O)c1ccc(C)cc1. The molecule has 1 atom stereocenters. The summed E-state index contributed by atoms with van der Waals surface area (Å²) in [4.78, 5) is 28.1. The van der Waals surface area contributed by atoms with E-state index < -0.39 is 28.5 Å². The highest BCUT2D eigenvalue weighted by atomic mass is 35.5. The highest BCUT2D eigenvalue weighted by molar-refractivity contribution is 7.92. The van der Waals surface area contributed by atoms with Crippen molar-refractivity contribution in [2.45, 2.75) is 37.8 Å². The second-order valence-corrected chi connectivity index (χ2v) is 11.5. The van der Waals surface area contributed by atoms with Crippen LogP contribution in [-0.4, -0.2) is 51.9 Å². The molecule has 3 rings (SSSR count). The number of sulfonamides is 1. The van der Waals surface area contributed by atoms with Crippen LogP contribution in [0.3, 0.4) is 0 Å². The van der Waals surface area contributed by atoms with E-state index in [1.807, 2.05) is 6.92 Å². The number of amides is 2. The number of hydrogen-bond acceptors (Lipinski definition) is 5. The molecule has 0 spiro atoms. The summed E-state index contributed by atoms with van der Waals surface area (Å²) in [6.45, 7) is 3.08. The lowest BCUT2D eigenvalue weighted by Crippen LogP contribution is -2.51. The molecule has 2 amide bonds. The van der Waals surface area contributed by atoms with E-state index in [1.54, 1.807) is 61.5 Å². The number of hydrogen-bond donors (Lipinski definition) is 1. The number of carbonyl (C=O) groups is 2. The zero-order valence-electron chi connectivity index (χ0n) is 22.1. The van der Waals surface area contributed by atoms with Crippen molar-refractivity contribution >= 4 is 50.7 Å². The number of nitrogens with one attached hydrogen (secondary N) is 1. The molecule has 11 heteroatoms. The van der Waals surface area contributed by atoms with Crippen molar-refractivity contribution in [1.82, 2.24) is 10.2 Å². The Morgan fingerprint density at radius 1 is 1.00 bits per heavy atom. The summed E-state index contributed by atoms with van der Waals surface area (Å²) >= 11 is 12.3. The van der Waals surface area contributed by atoms with Gasteiger partial charge in [0.2, 0.25) is 11.8 Å². The third-order valence-electron chi connectivity index (χ3n) is 6.20. The first-order valence-electron chi connectivity index (χ1n) is 12.2. The number of carbonyl (C=O) groups excluding carboxylic acids is 2. The third-order valence-corrected chi connectivity index (χ3v) is 8.73. The predicted octanol–water partition coefficient (Wildman–Crippen LogP) is 5.06. The van der Waals surface area contributed by atoms with Crippen LogP contribution in [0.15, 0.2) is 71.6 Å². The highest BCUT2D eigenvalue weighted by Gasteiger charge is 2.33. The lowest BCUT2D eigenvalue weighted by atomic mass is 10.1. The van der Waals surface area contributed by atoms with E-state index in [1.165, 1.54) is 31.2 Å². The van der Waals surface area contributed by atoms with Crippen molar-refractivity contribution in [2.75, 3.05) is 25.0 Å². The number of methoxy groups -OCH3 is 1. The van der Waals surface area contributed by atoms with Crippen LogP contribution >= 0.6 is 23.2 Å². The molecule has 0 aromatic heterocycles. The van der Waals surface area contributed by atoms with Gasteiger partial charge in [0.1, 0.15) is 18.3 Å². The molecule has 0 aliphatic rings. The van der Waals surface area contributed by atoms with Crippen molar-refractivity contribution in [3.63, 3.8) is 0 Å². The van der Waals surface area contributed by atoms with Crippen LogP contribution in [-0.2, 0) is 26.2 Å². The van der Waals surface area contributed by atoms with Crippen molar-refractivity contribution in [2.24, 2.45) is 0 Å². The molecular formula is C28H31Cl2N3O5S. The van der Waals surface area contributed by atoms with Crippen LogP contribution in [0.1, 0.15) is 24.5 Å². The Labute approximate surface area is 239 Å². The minimum Gasteiger partial charge on any atom is -0.497 e. The summed E-state index contributed by atoms with van der Waals surface area (Å²) in [6.07, 6.45) is 0.302. The van der Waals surface area contributed by atoms with Gasteiger partial charge in [0.25, 0.3) is 10.0 Å². The van der Waals surface area contributed by atoms with Gasteiger partial charge >= 0.3 is 0 Å². The van der Waals surface area contributed by atoms with Gasteiger partial charge in [-0.25, -0.2) is 8.42 Å². The maximum atomic E-state index is 13.9. The van der Waals surface area contributed by atoms with E-state index in [-0.39, 0.29) is 23.0 Å². The van der Waals surface area contributed by atoms with E-state index in [0.29, 0.717) is 27.8 Å². The first kappa shape index (κ1) is 30.3. The maximum Gasteiger partial charge on any atom is 0.264 e. The number of halogens is 2. The van der Waals surface area contributed by atoms with Gasteiger partial charge in [0, 0.05) is 19.7 Å². The maximum absolute atomic E-state index is 13.9. The monoisotopic (exact) mass is 591 g/mol. The van der Waals surface area contributed by atoms with Gasteiger partial charge in [-0.05, 0) is 55.3 Å². The van der Waals surface area contributed by atoms with Crippen LogP contribution in [0.4, 0.5) is 5.69 Å². The topological polar surface area (TPSA) is 96.0 Å². The molecule has 0 fully saturated rings. The summed E-state index contributed by atoms with van der Waals surface area (Å²) < 4.78 is 34.1. The van der Waals surface area contributed by atoms with Gasteiger partial charge in [-0.1, -0.05) is 60.0 Å². The zero-order chi connectivity index (χ0) is 28.7. The fourth-order valence-corrected chi connectivity index (χ4v) is 5.78. The average molecular weight is 593 g/mol. The van der Waals surface area contributed by atoms with Crippen LogP contribution in [0.25, 0.3) is 0 Å². The van der Waals surface area contributed by atoms with E-state index in [9.17, 15) is 18.0 Å². The van der Waals surface area contributed by atoms with Crippen molar-refractivity contribution in [3.8, 4) is 5.75 Å².